The van der Waals surface area contributed by atoms with Crippen molar-refractivity contribution in [2.75, 3.05) is 5.73 Å². The molecule has 20 heavy (non-hydrogen) atoms. The molecule has 0 fully saturated rings. The van der Waals surface area contributed by atoms with Gasteiger partial charge < -0.3 is 11.1 Å². The van der Waals surface area contributed by atoms with E-state index in [0.29, 0.717) is 0 Å². The largest absolute Gasteiger partial charge is 0.394 e. The van der Waals surface area contributed by atoms with Crippen LogP contribution in [0.25, 0.3) is 0 Å². The fourth-order valence-corrected chi connectivity index (χ4v) is 1.71. The summed E-state index contributed by atoms with van der Waals surface area (Å²) in [6.07, 6.45) is 3.22. The number of pyridine rings is 1. The van der Waals surface area contributed by atoms with Crippen LogP contribution in [0.15, 0.2) is 36.7 Å². The lowest BCUT2D eigenvalue weighted by Crippen LogP contribution is -2.27. The number of nitrogens with zero attached hydrogens (tertiary/aromatic N) is 1. The van der Waals surface area contributed by atoms with Crippen LogP contribution in [-0.4, -0.2) is 10.9 Å². The van der Waals surface area contributed by atoms with Crippen molar-refractivity contribution >= 4 is 11.6 Å². The van der Waals surface area contributed by atoms with E-state index in [2.05, 4.69) is 10.3 Å². The van der Waals surface area contributed by atoms with Crippen molar-refractivity contribution in [3.05, 3.63) is 59.4 Å². The fourth-order valence-electron chi connectivity index (χ4n) is 1.71. The molecule has 0 bridgehead atoms. The molecule has 104 valence electrons. The van der Waals surface area contributed by atoms with E-state index in [-0.39, 0.29) is 11.6 Å². The van der Waals surface area contributed by atoms with Gasteiger partial charge in [0.1, 0.15) is 17.3 Å². The Morgan fingerprint density at radius 1 is 1.35 bits per heavy atom. The summed E-state index contributed by atoms with van der Waals surface area (Å²) in [5, 5.41) is 2.63. The number of anilines is 1. The lowest BCUT2D eigenvalue weighted by molar-refractivity contribution is 0.0939. The highest BCUT2D eigenvalue weighted by molar-refractivity contribution is 5.94. The Morgan fingerprint density at radius 3 is 2.55 bits per heavy atom. The number of nitrogen functional groups attached to an aromatic ring is 1. The summed E-state index contributed by atoms with van der Waals surface area (Å²) in [7, 11) is 0. The molecule has 1 aromatic heterocycles. The molecule has 6 heteroatoms. The number of rotatable bonds is 3. The van der Waals surface area contributed by atoms with Crippen LogP contribution in [0, 0.1) is 11.6 Å². The maximum Gasteiger partial charge on any atom is 0.251 e. The van der Waals surface area contributed by atoms with Gasteiger partial charge in [-0.25, -0.2) is 8.78 Å². The summed E-state index contributed by atoms with van der Waals surface area (Å²) in [4.78, 5) is 15.9. The minimum absolute atomic E-state index is 0.120. The second-order valence-electron chi connectivity index (χ2n) is 4.34. The van der Waals surface area contributed by atoms with E-state index in [1.165, 1.54) is 0 Å². The zero-order chi connectivity index (χ0) is 14.7. The molecular formula is C14H13F2N3O. The van der Waals surface area contributed by atoms with Crippen LogP contribution in [0.5, 0.6) is 0 Å². The molecule has 1 unspecified atom stereocenters. The van der Waals surface area contributed by atoms with Gasteiger partial charge in [-0.3, -0.25) is 9.78 Å². The summed E-state index contributed by atoms with van der Waals surface area (Å²) in [5.74, 6) is -2.49. The average Bonchev–Trinajstić information content (AvgIpc) is 2.45. The molecule has 1 atom stereocenters. The van der Waals surface area contributed by atoms with Crippen LogP contribution in [0.2, 0.25) is 0 Å². The van der Waals surface area contributed by atoms with Gasteiger partial charge in [0, 0.05) is 18.0 Å². The van der Waals surface area contributed by atoms with Gasteiger partial charge in [0.2, 0.25) is 0 Å². The van der Waals surface area contributed by atoms with Gasteiger partial charge in [0.05, 0.1) is 6.04 Å². The average molecular weight is 277 g/mol. The molecule has 2 aromatic rings. The van der Waals surface area contributed by atoms with Crippen molar-refractivity contribution in [2.24, 2.45) is 0 Å². The maximum atomic E-state index is 13.3. The van der Waals surface area contributed by atoms with Crippen LogP contribution in [0.3, 0.4) is 0 Å². The molecule has 0 radical (unpaired) electrons. The Kier molecular flexibility index (Phi) is 3.93. The Labute approximate surface area is 114 Å². The number of aromatic nitrogens is 1. The van der Waals surface area contributed by atoms with E-state index < -0.39 is 23.2 Å². The van der Waals surface area contributed by atoms with Crippen molar-refractivity contribution in [3.63, 3.8) is 0 Å². The summed E-state index contributed by atoms with van der Waals surface area (Å²) < 4.78 is 26.6. The first kappa shape index (κ1) is 13.9. The topological polar surface area (TPSA) is 68.0 Å². The number of benzene rings is 1. The number of hydrogen-bond donors (Lipinski definition) is 2. The number of amides is 1. The molecular weight excluding hydrogens is 264 g/mol. The molecule has 1 aromatic carbocycles. The first-order chi connectivity index (χ1) is 9.49. The summed E-state index contributed by atoms with van der Waals surface area (Å²) in [6.45, 7) is 1.75. The van der Waals surface area contributed by atoms with Crippen molar-refractivity contribution in [3.8, 4) is 0 Å². The zero-order valence-electron chi connectivity index (χ0n) is 10.7. The number of carbonyl (C=O) groups excluding carboxylic acids is 1. The third kappa shape index (κ3) is 2.90. The number of halogens is 2. The van der Waals surface area contributed by atoms with Crippen molar-refractivity contribution in [2.45, 2.75) is 13.0 Å². The van der Waals surface area contributed by atoms with Crippen LogP contribution in [0.1, 0.15) is 28.9 Å². The fraction of sp³-hybridized carbons (Fsp3) is 0.143. The second-order valence-corrected chi connectivity index (χ2v) is 4.34. The first-order valence-electron chi connectivity index (χ1n) is 5.94. The van der Waals surface area contributed by atoms with E-state index in [1.54, 1.807) is 31.5 Å². The van der Waals surface area contributed by atoms with Gasteiger partial charge >= 0.3 is 0 Å². The van der Waals surface area contributed by atoms with Crippen LogP contribution >= 0.6 is 0 Å². The molecule has 0 aliphatic rings. The van der Waals surface area contributed by atoms with E-state index in [1.807, 2.05) is 0 Å². The molecule has 0 aliphatic heterocycles. The van der Waals surface area contributed by atoms with Crippen molar-refractivity contribution < 1.29 is 13.6 Å². The number of nitrogens with two attached hydrogens (primary N) is 1. The van der Waals surface area contributed by atoms with Gasteiger partial charge in [0.25, 0.3) is 5.91 Å². The number of carbonyl (C=O) groups is 1. The third-order valence-corrected chi connectivity index (χ3v) is 2.87. The second kappa shape index (κ2) is 5.64. The quantitative estimate of drug-likeness (QED) is 0.847. The Bertz CT molecular complexity index is 609. The van der Waals surface area contributed by atoms with E-state index >= 15 is 0 Å². The van der Waals surface area contributed by atoms with Gasteiger partial charge in [-0.2, -0.15) is 0 Å². The van der Waals surface area contributed by atoms with Gasteiger partial charge in [-0.15, -0.1) is 0 Å². The maximum absolute atomic E-state index is 13.3. The molecule has 1 amide bonds. The molecule has 0 saturated carbocycles. The molecule has 4 nitrogen and oxygen atoms in total. The van der Waals surface area contributed by atoms with Gasteiger partial charge in [-0.05, 0) is 30.7 Å². The number of hydrogen-bond acceptors (Lipinski definition) is 3. The lowest BCUT2D eigenvalue weighted by Gasteiger charge is -2.14. The standard InChI is InChI=1S/C14H13F2N3O/c1-8(9-3-2-4-18-7-9)19-14(20)10-5-11(15)13(17)12(16)6-10/h2-8H,17H2,1H3,(H,19,20). The van der Waals surface area contributed by atoms with Crippen LogP contribution in [0.4, 0.5) is 14.5 Å². The smallest absolute Gasteiger partial charge is 0.251 e. The van der Waals surface area contributed by atoms with Gasteiger partial charge in [0.15, 0.2) is 0 Å². The van der Waals surface area contributed by atoms with Crippen molar-refractivity contribution in [1.29, 1.82) is 0 Å². The summed E-state index contributed by atoms with van der Waals surface area (Å²) >= 11 is 0. The Balaban J connectivity index is 2.17. The SMILES string of the molecule is CC(NC(=O)c1cc(F)c(N)c(F)c1)c1cccnc1. The lowest BCUT2D eigenvalue weighted by atomic mass is 10.1. The van der Waals surface area contributed by atoms with Crippen LogP contribution < -0.4 is 11.1 Å². The van der Waals surface area contributed by atoms with E-state index in [0.717, 1.165) is 17.7 Å². The van der Waals surface area contributed by atoms with Crippen molar-refractivity contribution in [1.82, 2.24) is 10.3 Å². The molecule has 2 rings (SSSR count). The highest BCUT2D eigenvalue weighted by atomic mass is 19.1. The molecule has 0 saturated heterocycles. The predicted octanol–water partition coefficient (Wildman–Crippen LogP) is 2.43. The minimum atomic E-state index is -0.954. The molecule has 1 heterocycles. The highest BCUT2D eigenvalue weighted by Crippen LogP contribution is 2.18. The monoisotopic (exact) mass is 277 g/mol. The third-order valence-electron chi connectivity index (χ3n) is 2.87. The number of nitrogens with one attached hydrogen (secondary N) is 1. The summed E-state index contributed by atoms with van der Waals surface area (Å²) in [6, 6.07) is 5.01. The molecule has 0 aliphatic carbocycles. The Hall–Kier alpha value is -2.50. The highest BCUT2D eigenvalue weighted by Gasteiger charge is 2.15. The normalized spacial score (nSPS) is 11.9. The molecule has 0 spiro atoms. The minimum Gasteiger partial charge on any atom is -0.394 e. The van der Waals surface area contributed by atoms with E-state index in [9.17, 15) is 13.6 Å². The summed E-state index contributed by atoms with van der Waals surface area (Å²) in [5.41, 5.74) is 5.23. The molecule has 3 N–H and O–H groups in total. The zero-order valence-corrected chi connectivity index (χ0v) is 10.7. The Morgan fingerprint density at radius 2 is 2.00 bits per heavy atom. The van der Waals surface area contributed by atoms with Gasteiger partial charge in [-0.1, -0.05) is 6.07 Å². The van der Waals surface area contributed by atoms with E-state index in [4.69, 9.17) is 5.73 Å². The first-order valence-corrected chi connectivity index (χ1v) is 5.94. The predicted molar refractivity (Wildman–Crippen MR) is 70.9 cm³/mol. The van der Waals surface area contributed by atoms with Crippen LogP contribution in [-0.2, 0) is 0 Å².